The molecule has 0 atom stereocenters. The van der Waals surface area contributed by atoms with Gasteiger partial charge in [-0.15, -0.1) is 0 Å². The first-order chi connectivity index (χ1) is 9.65. The molecule has 0 saturated carbocycles. The van der Waals surface area contributed by atoms with Gasteiger partial charge in [0.25, 0.3) is 0 Å². The highest BCUT2D eigenvalue weighted by molar-refractivity contribution is 5.78. The zero-order valence-electron chi connectivity index (χ0n) is 12.6. The summed E-state index contributed by atoms with van der Waals surface area (Å²) in [5.74, 6) is 0.198. The van der Waals surface area contributed by atoms with Crippen LogP contribution >= 0.6 is 0 Å². The molecule has 1 aliphatic rings. The van der Waals surface area contributed by atoms with Crippen molar-refractivity contribution in [2.45, 2.75) is 13.3 Å². The third kappa shape index (κ3) is 4.62. The molecule has 1 aliphatic heterocycles. The second kappa shape index (κ2) is 7.41. The van der Waals surface area contributed by atoms with Gasteiger partial charge in [0, 0.05) is 46.3 Å². The van der Waals surface area contributed by atoms with Gasteiger partial charge in [-0.05, 0) is 12.5 Å². The monoisotopic (exact) mass is 275 g/mol. The summed E-state index contributed by atoms with van der Waals surface area (Å²) in [5.41, 5.74) is 2.32. The van der Waals surface area contributed by atoms with Crippen LogP contribution in [-0.2, 0) is 11.2 Å². The average Bonchev–Trinajstić information content (AvgIpc) is 2.48. The van der Waals surface area contributed by atoms with E-state index in [1.54, 1.807) is 0 Å². The zero-order valence-corrected chi connectivity index (χ0v) is 12.6. The maximum absolute atomic E-state index is 12.2. The molecule has 20 heavy (non-hydrogen) atoms. The molecular formula is C16H25N3O. The van der Waals surface area contributed by atoms with Crippen molar-refractivity contribution in [1.82, 2.24) is 15.1 Å². The number of carbonyl (C=O) groups is 1. The van der Waals surface area contributed by atoms with Crippen molar-refractivity contribution in [3.8, 4) is 0 Å². The largest absolute Gasteiger partial charge is 0.344 e. The fourth-order valence-corrected chi connectivity index (χ4v) is 2.37. The van der Waals surface area contributed by atoms with Crippen LogP contribution in [0.1, 0.15) is 11.1 Å². The summed E-state index contributed by atoms with van der Waals surface area (Å²) in [6, 6.07) is 8.20. The van der Waals surface area contributed by atoms with E-state index < -0.39 is 0 Å². The summed E-state index contributed by atoms with van der Waals surface area (Å²) in [6.07, 6.45) is 0.498. The second-order valence-electron chi connectivity index (χ2n) is 5.57. The molecule has 1 fully saturated rings. The minimum Gasteiger partial charge on any atom is -0.344 e. The summed E-state index contributed by atoms with van der Waals surface area (Å²) in [6.45, 7) is 8.12. The minimum absolute atomic E-state index is 0.198. The van der Waals surface area contributed by atoms with E-state index in [4.69, 9.17) is 0 Å². The maximum Gasteiger partial charge on any atom is 0.226 e. The predicted octanol–water partition coefficient (Wildman–Crippen LogP) is 0.901. The first-order valence-corrected chi connectivity index (χ1v) is 7.38. The van der Waals surface area contributed by atoms with E-state index in [0.29, 0.717) is 6.42 Å². The molecular weight excluding hydrogens is 250 g/mol. The first-order valence-electron chi connectivity index (χ1n) is 7.38. The van der Waals surface area contributed by atoms with Crippen LogP contribution < -0.4 is 5.32 Å². The number of hydrogen-bond donors (Lipinski definition) is 1. The number of amides is 1. The van der Waals surface area contributed by atoms with Crippen molar-refractivity contribution in [3.05, 3.63) is 35.4 Å². The fraction of sp³-hybridized carbons (Fsp3) is 0.562. The van der Waals surface area contributed by atoms with E-state index in [1.165, 1.54) is 5.56 Å². The summed E-state index contributed by atoms with van der Waals surface area (Å²) >= 11 is 0. The van der Waals surface area contributed by atoms with Gasteiger partial charge in [-0.3, -0.25) is 9.69 Å². The van der Waals surface area contributed by atoms with Crippen LogP contribution in [0.3, 0.4) is 0 Å². The van der Waals surface area contributed by atoms with Gasteiger partial charge in [0.1, 0.15) is 0 Å². The number of likely N-dealkylation sites (N-methyl/N-ethyl adjacent to an activating group) is 1. The molecule has 4 heteroatoms. The van der Waals surface area contributed by atoms with Crippen LogP contribution in [-0.4, -0.2) is 62.0 Å². The Labute approximate surface area is 121 Å². The SMILES string of the molecule is Cc1ccc(CC(=O)N(C)CCN2CCNCC2)cc1. The lowest BCUT2D eigenvalue weighted by Gasteiger charge is -2.29. The Bertz CT molecular complexity index is 424. The molecule has 1 heterocycles. The number of aryl methyl sites for hydroxylation is 1. The van der Waals surface area contributed by atoms with E-state index in [1.807, 2.05) is 24.1 Å². The van der Waals surface area contributed by atoms with Crippen molar-refractivity contribution < 1.29 is 4.79 Å². The predicted molar refractivity (Wildman–Crippen MR) is 81.8 cm³/mol. The van der Waals surface area contributed by atoms with Gasteiger partial charge in [-0.25, -0.2) is 0 Å². The second-order valence-corrected chi connectivity index (χ2v) is 5.57. The molecule has 1 aromatic carbocycles. The average molecular weight is 275 g/mol. The van der Waals surface area contributed by atoms with Gasteiger partial charge in [0.05, 0.1) is 6.42 Å². The summed E-state index contributed by atoms with van der Waals surface area (Å²) in [5, 5.41) is 3.34. The molecule has 4 nitrogen and oxygen atoms in total. The Kier molecular flexibility index (Phi) is 5.56. The van der Waals surface area contributed by atoms with Crippen LogP contribution in [0.25, 0.3) is 0 Å². The molecule has 1 saturated heterocycles. The van der Waals surface area contributed by atoms with Crippen molar-refractivity contribution in [3.63, 3.8) is 0 Å². The van der Waals surface area contributed by atoms with Crippen LogP contribution in [0.5, 0.6) is 0 Å². The zero-order chi connectivity index (χ0) is 14.4. The summed E-state index contributed by atoms with van der Waals surface area (Å²) < 4.78 is 0. The van der Waals surface area contributed by atoms with Gasteiger partial charge in [0.2, 0.25) is 5.91 Å². The number of nitrogens with one attached hydrogen (secondary N) is 1. The van der Waals surface area contributed by atoms with Crippen molar-refractivity contribution in [1.29, 1.82) is 0 Å². The van der Waals surface area contributed by atoms with Crippen LogP contribution in [0.2, 0.25) is 0 Å². The van der Waals surface area contributed by atoms with Crippen molar-refractivity contribution >= 4 is 5.91 Å². The Hall–Kier alpha value is -1.39. The van der Waals surface area contributed by atoms with E-state index in [9.17, 15) is 4.79 Å². The van der Waals surface area contributed by atoms with E-state index in [2.05, 4.69) is 29.3 Å². The topological polar surface area (TPSA) is 35.6 Å². The molecule has 110 valence electrons. The van der Waals surface area contributed by atoms with E-state index in [0.717, 1.165) is 44.8 Å². The number of piperazine rings is 1. The lowest BCUT2D eigenvalue weighted by molar-refractivity contribution is -0.129. The van der Waals surface area contributed by atoms with Crippen molar-refractivity contribution in [2.75, 3.05) is 46.3 Å². The van der Waals surface area contributed by atoms with Crippen LogP contribution in [0, 0.1) is 6.92 Å². The van der Waals surface area contributed by atoms with Crippen LogP contribution in [0.15, 0.2) is 24.3 Å². The molecule has 1 amide bonds. The molecule has 0 spiro atoms. The molecule has 1 aromatic rings. The summed E-state index contributed by atoms with van der Waals surface area (Å²) in [4.78, 5) is 16.4. The van der Waals surface area contributed by atoms with Gasteiger partial charge in [-0.1, -0.05) is 29.8 Å². The third-order valence-electron chi connectivity index (χ3n) is 3.86. The van der Waals surface area contributed by atoms with Crippen molar-refractivity contribution in [2.24, 2.45) is 0 Å². The highest BCUT2D eigenvalue weighted by Crippen LogP contribution is 2.05. The highest BCUT2D eigenvalue weighted by atomic mass is 16.2. The molecule has 0 bridgehead atoms. The quantitative estimate of drug-likeness (QED) is 0.867. The smallest absolute Gasteiger partial charge is 0.226 e. The maximum atomic E-state index is 12.2. The highest BCUT2D eigenvalue weighted by Gasteiger charge is 2.13. The van der Waals surface area contributed by atoms with E-state index >= 15 is 0 Å². The minimum atomic E-state index is 0.198. The van der Waals surface area contributed by atoms with Gasteiger partial charge >= 0.3 is 0 Å². The van der Waals surface area contributed by atoms with Gasteiger partial charge < -0.3 is 10.2 Å². The fourth-order valence-electron chi connectivity index (χ4n) is 2.37. The molecule has 0 radical (unpaired) electrons. The lowest BCUT2D eigenvalue weighted by atomic mass is 10.1. The lowest BCUT2D eigenvalue weighted by Crippen LogP contribution is -2.46. The Morgan fingerprint density at radius 3 is 2.55 bits per heavy atom. The first kappa shape index (κ1) is 15.0. The Morgan fingerprint density at radius 2 is 1.90 bits per heavy atom. The normalized spacial score (nSPS) is 16.1. The van der Waals surface area contributed by atoms with E-state index in [-0.39, 0.29) is 5.91 Å². The number of nitrogens with zero attached hydrogens (tertiary/aromatic N) is 2. The molecule has 0 aromatic heterocycles. The standard InChI is InChI=1S/C16H25N3O/c1-14-3-5-15(6-4-14)13-16(20)18(2)11-12-19-9-7-17-8-10-19/h3-6,17H,7-13H2,1-2H3. The van der Waals surface area contributed by atoms with Crippen LogP contribution in [0.4, 0.5) is 0 Å². The Balaban J connectivity index is 1.75. The van der Waals surface area contributed by atoms with Gasteiger partial charge in [0.15, 0.2) is 0 Å². The number of benzene rings is 1. The third-order valence-corrected chi connectivity index (χ3v) is 3.86. The van der Waals surface area contributed by atoms with Gasteiger partial charge in [-0.2, -0.15) is 0 Å². The molecule has 0 aliphatic carbocycles. The Morgan fingerprint density at radius 1 is 1.25 bits per heavy atom. The number of hydrogen-bond acceptors (Lipinski definition) is 3. The molecule has 2 rings (SSSR count). The molecule has 0 unspecified atom stereocenters. The number of rotatable bonds is 5. The number of carbonyl (C=O) groups excluding carboxylic acids is 1. The molecule has 1 N–H and O–H groups in total. The summed E-state index contributed by atoms with van der Waals surface area (Å²) in [7, 11) is 1.90.